The first kappa shape index (κ1) is 21.8. The molecule has 4 heterocycles. The van der Waals surface area contributed by atoms with E-state index in [1.807, 2.05) is 0 Å². The molecule has 172 valence electrons. The van der Waals surface area contributed by atoms with E-state index in [0.717, 1.165) is 11.8 Å². The summed E-state index contributed by atoms with van der Waals surface area (Å²) in [5, 5.41) is 15.6. The molecule has 5 aromatic rings. The van der Waals surface area contributed by atoms with Crippen LogP contribution in [0.15, 0.2) is 54.9 Å². The quantitative estimate of drug-likeness (QED) is 0.373. The van der Waals surface area contributed by atoms with E-state index in [1.165, 1.54) is 16.6 Å². The molecule has 0 aliphatic carbocycles. The molecule has 34 heavy (non-hydrogen) atoms. The number of pyridine rings is 2. The Labute approximate surface area is 195 Å². The first-order valence-corrected chi connectivity index (χ1v) is 10.3. The lowest BCUT2D eigenvalue weighted by Crippen LogP contribution is -2.08. The Balaban J connectivity index is 1.44. The highest BCUT2D eigenvalue weighted by atomic mass is 35.5. The Hall–Kier alpha value is -3.99. The number of fused-ring (bicyclic) bond motifs is 2. The van der Waals surface area contributed by atoms with Crippen LogP contribution in [0.1, 0.15) is 11.4 Å². The molecule has 0 fully saturated rings. The van der Waals surface area contributed by atoms with Crippen molar-refractivity contribution in [3.63, 3.8) is 0 Å². The molecular formula is C22H15ClF3N7O. The Morgan fingerprint density at radius 1 is 1.06 bits per heavy atom. The maximum atomic E-state index is 13.0. The van der Waals surface area contributed by atoms with Crippen LogP contribution in [0.25, 0.3) is 27.9 Å². The van der Waals surface area contributed by atoms with E-state index in [4.69, 9.17) is 16.3 Å². The van der Waals surface area contributed by atoms with Crippen molar-refractivity contribution in [2.24, 2.45) is 0 Å². The third-order valence-electron chi connectivity index (χ3n) is 5.12. The lowest BCUT2D eigenvalue weighted by Gasteiger charge is -2.11. The molecule has 1 aromatic carbocycles. The van der Waals surface area contributed by atoms with Crippen molar-refractivity contribution in [3.8, 4) is 17.0 Å². The molecule has 0 aliphatic rings. The summed E-state index contributed by atoms with van der Waals surface area (Å²) in [6.45, 7) is 0.262. The van der Waals surface area contributed by atoms with Gasteiger partial charge in [0.25, 0.3) is 0 Å². The topological polar surface area (TPSA) is 90.1 Å². The SMILES string of the molecule is COc1cnc2c(NCc3nnc4ccc(-c5ccc(C(F)(F)F)c(Cl)c5)nn34)ccnc2c1. The lowest BCUT2D eigenvalue weighted by molar-refractivity contribution is -0.137. The third kappa shape index (κ3) is 4.05. The van der Waals surface area contributed by atoms with Gasteiger partial charge in [-0.1, -0.05) is 17.7 Å². The van der Waals surface area contributed by atoms with Crippen LogP contribution < -0.4 is 10.1 Å². The van der Waals surface area contributed by atoms with E-state index in [2.05, 4.69) is 30.6 Å². The minimum atomic E-state index is -4.53. The summed E-state index contributed by atoms with van der Waals surface area (Å²) < 4.78 is 45.8. The van der Waals surface area contributed by atoms with E-state index in [9.17, 15) is 13.2 Å². The number of hydrogen-bond donors (Lipinski definition) is 1. The molecule has 0 amide bonds. The number of hydrogen-bond acceptors (Lipinski definition) is 7. The fraction of sp³-hybridized carbons (Fsp3) is 0.136. The summed E-state index contributed by atoms with van der Waals surface area (Å²) in [7, 11) is 1.56. The molecule has 8 nitrogen and oxygen atoms in total. The molecule has 0 atom stereocenters. The van der Waals surface area contributed by atoms with E-state index in [1.54, 1.807) is 43.8 Å². The van der Waals surface area contributed by atoms with E-state index < -0.39 is 16.8 Å². The molecular weight excluding hydrogens is 471 g/mol. The normalized spacial score (nSPS) is 11.8. The summed E-state index contributed by atoms with van der Waals surface area (Å²) in [6.07, 6.45) is -1.28. The number of ether oxygens (including phenoxy) is 1. The monoisotopic (exact) mass is 485 g/mol. The van der Waals surface area contributed by atoms with Gasteiger partial charge in [0.1, 0.15) is 11.3 Å². The number of alkyl halides is 3. The predicted octanol–water partition coefficient (Wildman–Crippen LogP) is 5.03. The minimum absolute atomic E-state index is 0.262. The van der Waals surface area contributed by atoms with Crippen LogP contribution in [0, 0.1) is 0 Å². The fourth-order valence-corrected chi connectivity index (χ4v) is 3.73. The number of nitrogens with one attached hydrogen (secondary N) is 1. The van der Waals surface area contributed by atoms with Crippen LogP contribution >= 0.6 is 11.6 Å². The number of nitrogens with zero attached hydrogens (tertiary/aromatic N) is 6. The third-order valence-corrected chi connectivity index (χ3v) is 5.44. The van der Waals surface area contributed by atoms with E-state index >= 15 is 0 Å². The number of rotatable bonds is 5. The molecule has 12 heteroatoms. The van der Waals surface area contributed by atoms with Gasteiger partial charge in [0.2, 0.25) is 0 Å². The highest BCUT2D eigenvalue weighted by Crippen LogP contribution is 2.36. The van der Waals surface area contributed by atoms with Gasteiger partial charge < -0.3 is 10.1 Å². The molecule has 0 unspecified atom stereocenters. The molecule has 0 radical (unpaired) electrons. The number of aromatic nitrogens is 6. The van der Waals surface area contributed by atoms with Gasteiger partial charge in [0, 0.05) is 17.8 Å². The fourth-order valence-electron chi connectivity index (χ4n) is 3.44. The molecule has 0 spiro atoms. The molecule has 1 N–H and O–H groups in total. The van der Waals surface area contributed by atoms with Crippen molar-refractivity contribution in [3.05, 3.63) is 71.3 Å². The summed E-state index contributed by atoms with van der Waals surface area (Å²) in [5.41, 5.74) is 2.50. The molecule has 5 rings (SSSR count). The number of benzene rings is 1. The van der Waals surface area contributed by atoms with Gasteiger partial charge in [-0.3, -0.25) is 4.98 Å². The van der Waals surface area contributed by atoms with Crippen molar-refractivity contribution in [1.29, 1.82) is 0 Å². The highest BCUT2D eigenvalue weighted by molar-refractivity contribution is 6.31. The second kappa shape index (κ2) is 8.41. The smallest absolute Gasteiger partial charge is 0.417 e. The minimum Gasteiger partial charge on any atom is -0.495 e. The zero-order valence-corrected chi connectivity index (χ0v) is 18.3. The van der Waals surface area contributed by atoms with Crippen molar-refractivity contribution >= 4 is 34.0 Å². The van der Waals surface area contributed by atoms with Gasteiger partial charge >= 0.3 is 6.18 Å². The second-order valence-corrected chi connectivity index (χ2v) is 7.66. The summed E-state index contributed by atoms with van der Waals surface area (Å²) in [5.74, 6) is 1.09. The predicted molar refractivity (Wildman–Crippen MR) is 120 cm³/mol. The average Bonchev–Trinajstić information content (AvgIpc) is 3.23. The first-order valence-electron chi connectivity index (χ1n) is 9.94. The first-order chi connectivity index (χ1) is 16.3. The standard InChI is InChI=1S/C22H15ClF3N7O/c1-34-13-9-18-21(29-10-13)17(6-7-27-18)28-11-20-31-30-19-5-4-16(32-33(19)20)12-2-3-14(15(23)8-12)22(24,25)26/h2-10H,11H2,1H3,(H,27,28). The number of halogens is 4. The summed E-state index contributed by atoms with van der Waals surface area (Å²) >= 11 is 5.87. The van der Waals surface area contributed by atoms with Gasteiger partial charge in [0.15, 0.2) is 11.5 Å². The molecule has 0 aliphatic heterocycles. The Kier molecular flexibility index (Phi) is 5.40. The Morgan fingerprint density at radius 3 is 2.68 bits per heavy atom. The van der Waals surface area contributed by atoms with Crippen LogP contribution in [-0.4, -0.2) is 36.9 Å². The van der Waals surface area contributed by atoms with Crippen LogP contribution in [0.3, 0.4) is 0 Å². The van der Waals surface area contributed by atoms with Gasteiger partial charge in [-0.25, -0.2) is 4.98 Å². The maximum absolute atomic E-state index is 13.0. The van der Waals surface area contributed by atoms with E-state index in [-0.39, 0.29) is 6.54 Å². The zero-order valence-electron chi connectivity index (χ0n) is 17.5. The highest BCUT2D eigenvalue weighted by Gasteiger charge is 2.33. The van der Waals surface area contributed by atoms with Crippen molar-refractivity contribution in [1.82, 2.24) is 29.8 Å². The van der Waals surface area contributed by atoms with E-state index in [0.29, 0.717) is 39.5 Å². The molecule has 0 saturated heterocycles. The van der Waals surface area contributed by atoms with Crippen LogP contribution in [-0.2, 0) is 12.7 Å². The number of methoxy groups -OCH3 is 1. The lowest BCUT2D eigenvalue weighted by atomic mass is 10.1. The summed E-state index contributed by atoms with van der Waals surface area (Å²) in [6, 6.07) is 10.4. The molecule has 0 bridgehead atoms. The molecule has 4 aromatic heterocycles. The van der Waals surface area contributed by atoms with Gasteiger partial charge in [-0.05, 0) is 30.3 Å². The second-order valence-electron chi connectivity index (χ2n) is 7.25. The Morgan fingerprint density at radius 2 is 1.91 bits per heavy atom. The molecule has 0 saturated carbocycles. The average molecular weight is 486 g/mol. The Bertz CT molecular complexity index is 1520. The van der Waals surface area contributed by atoms with Crippen LogP contribution in [0.2, 0.25) is 5.02 Å². The summed E-state index contributed by atoms with van der Waals surface area (Å²) in [4.78, 5) is 8.71. The van der Waals surface area contributed by atoms with Crippen molar-refractivity contribution in [2.45, 2.75) is 12.7 Å². The zero-order chi connectivity index (χ0) is 23.9. The van der Waals surface area contributed by atoms with Gasteiger partial charge in [-0.2, -0.15) is 22.8 Å². The van der Waals surface area contributed by atoms with Gasteiger partial charge in [-0.15, -0.1) is 10.2 Å². The number of anilines is 1. The van der Waals surface area contributed by atoms with Gasteiger partial charge in [0.05, 0.1) is 47.3 Å². The van der Waals surface area contributed by atoms with Crippen molar-refractivity contribution < 1.29 is 17.9 Å². The maximum Gasteiger partial charge on any atom is 0.417 e. The largest absolute Gasteiger partial charge is 0.495 e. The van der Waals surface area contributed by atoms with Crippen LogP contribution in [0.4, 0.5) is 18.9 Å². The van der Waals surface area contributed by atoms with Crippen molar-refractivity contribution in [2.75, 3.05) is 12.4 Å². The van der Waals surface area contributed by atoms with Crippen LogP contribution in [0.5, 0.6) is 5.75 Å².